The van der Waals surface area contributed by atoms with Crippen LogP contribution in [-0.2, 0) is 10.4 Å². The molecule has 3 nitrogen and oxygen atoms in total. The molecule has 1 aliphatic rings. The summed E-state index contributed by atoms with van der Waals surface area (Å²) in [4.78, 5) is 11.7. The van der Waals surface area contributed by atoms with Gasteiger partial charge in [-0.3, -0.25) is 0 Å². The van der Waals surface area contributed by atoms with Gasteiger partial charge < -0.3 is 9.84 Å². The zero-order chi connectivity index (χ0) is 11.3. The summed E-state index contributed by atoms with van der Waals surface area (Å²) in [6.45, 7) is 5.45. The van der Waals surface area contributed by atoms with Crippen LogP contribution in [0.5, 0.6) is 5.75 Å². The number of rotatable bonds is 0. The number of esters is 1. The maximum atomic E-state index is 11.7. The van der Waals surface area contributed by atoms with E-state index < -0.39 is 17.0 Å². The molecule has 1 heterocycles. The average molecular weight is 206 g/mol. The van der Waals surface area contributed by atoms with Gasteiger partial charge in [0.1, 0.15) is 5.75 Å². The Morgan fingerprint density at radius 1 is 1.27 bits per heavy atom. The van der Waals surface area contributed by atoms with Crippen LogP contribution in [0.15, 0.2) is 24.3 Å². The number of carbonyl (C=O) groups is 1. The van der Waals surface area contributed by atoms with Gasteiger partial charge in [0.25, 0.3) is 0 Å². The lowest BCUT2D eigenvalue weighted by molar-refractivity contribution is -0.164. The molecule has 0 radical (unpaired) electrons. The molecule has 0 amide bonds. The number of aliphatic hydroxyl groups is 1. The van der Waals surface area contributed by atoms with Gasteiger partial charge in [-0.05, 0) is 6.07 Å². The van der Waals surface area contributed by atoms with E-state index in [4.69, 9.17) is 4.74 Å². The highest BCUT2D eigenvalue weighted by Gasteiger charge is 2.55. The minimum Gasteiger partial charge on any atom is -0.424 e. The second-order valence-corrected chi connectivity index (χ2v) is 4.85. The highest BCUT2D eigenvalue weighted by atomic mass is 16.6. The summed E-state index contributed by atoms with van der Waals surface area (Å²) in [6.07, 6.45) is 0. The number of hydrogen-bond donors (Lipinski definition) is 1. The maximum absolute atomic E-state index is 11.7. The van der Waals surface area contributed by atoms with E-state index in [2.05, 4.69) is 0 Å². The first-order valence-electron chi connectivity index (χ1n) is 4.91. The molecule has 0 fully saturated rings. The monoisotopic (exact) mass is 206 g/mol. The van der Waals surface area contributed by atoms with Crippen molar-refractivity contribution in [2.45, 2.75) is 26.4 Å². The Bertz CT molecular complexity index is 417. The van der Waals surface area contributed by atoms with Crippen molar-refractivity contribution < 1.29 is 14.6 Å². The Morgan fingerprint density at radius 2 is 1.87 bits per heavy atom. The predicted octanol–water partition coefficient (Wildman–Crippen LogP) is 1.84. The van der Waals surface area contributed by atoms with Gasteiger partial charge in [-0.1, -0.05) is 39.0 Å². The van der Waals surface area contributed by atoms with Crippen LogP contribution in [0.3, 0.4) is 0 Å². The third-order valence-corrected chi connectivity index (χ3v) is 2.86. The van der Waals surface area contributed by atoms with E-state index in [0.717, 1.165) is 0 Å². The van der Waals surface area contributed by atoms with Gasteiger partial charge >= 0.3 is 5.97 Å². The molecule has 80 valence electrons. The normalized spacial score (nSPS) is 24.9. The fourth-order valence-corrected chi connectivity index (χ4v) is 1.85. The first-order valence-corrected chi connectivity index (χ1v) is 4.91. The fourth-order valence-electron chi connectivity index (χ4n) is 1.85. The summed E-state index contributed by atoms with van der Waals surface area (Å²) in [7, 11) is 0. The van der Waals surface area contributed by atoms with Crippen molar-refractivity contribution in [1.29, 1.82) is 0 Å². The van der Waals surface area contributed by atoms with Gasteiger partial charge in [0.2, 0.25) is 0 Å². The Kier molecular flexibility index (Phi) is 1.92. The van der Waals surface area contributed by atoms with Crippen molar-refractivity contribution >= 4 is 5.97 Å². The standard InChI is InChI=1S/C12H14O3/c1-11(2,3)12(14)8-6-4-5-7-9(8)15-10(12)13/h4-7,14H,1-3H3. The molecule has 1 aromatic carbocycles. The second kappa shape index (κ2) is 2.83. The highest BCUT2D eigenvalue weighted by molar-refractivity contribution is 5.89. The van der Waals surface area contributed by atoms with Crippen molar-refractivity contribution in [2.75, 3.05) is 0 Å². The molecule has 1 atom stereocenters. The Balaban J connectivity index is 2.65. The molecule has 1 aliphatic heterocycles. The highest BCUT2D eigenvalue weighted by Crippen LogP contribution is 2.48. The van der Waals surface area contributed by atoms with Crippen LogP contribution in [0.2, 0.25) is 0 Å². The van der Waals surface area contributed by atoms with Crippen LogP contribution in [0.1, 0.15) is 26.3 Å². The van der Waals surface area contributed by atoms with Crippen LogP contribution in [0.4, 0.5) is 0 Å². The minimum atomic E-state index is -1.54. The average Bonchev–Trinajstić information content (AvgIpc) is 2.40. The summed E-state index contributed by atoms with van der Waals surface area (Å²) in [5.41, 5.74) is -1.57. The first kappa shape index (κ1) is 10.2. The lowest BCUT2D eigenvalue weighted by atomic mass is 9.73. The van der Waals surface area contributed by atoms with Crippen LogP contribution in [-0.4, -0.2) is 11.1 Å². The third kappa shape index (κ3) is 1.20. The molecule has 0 saturated carbocycles. The predicted molar refractivity (Wildman–Crippen MR) is 55.4 cm³/mol. The van der Waals surface area contributed by atoms with Crippen molar-refractivity contribution in [3.05, 3.63) is 29.8 Å². The molecule has 1 unspecified atom stereocenters. The SMILES string of the molecule is CC(C)(C)C1(O)C(=O)Oc2ccccc21. The van der Waals surface area contributed by atoms with E-state index >= 15 is 0 Å². The number of carbonyl (C=O) groups excluding carboxylic acids is 1. The number of hydrogen-bond acceptors (Lipinski definition) is 3. The van der Waals surface area contributed by atoms with E-state index in [0.29, 0.717) is 11.3 Å². The summed E-state index contributed by atoms with van der Waals surface area (Å²) in [5.74, 6) is -0.129. The molecular weight excluding hydrogens is 192 g/mol. The number of para-hydroxylation sites is 1. The van der Waals surface area contributed by atoms with Crippen LogP contribution < -0.4 is 4.74 Å². The van der Waals surface area contributed by atoms with Crippen LogP contribution in [0.25, 0.3) is 0 Å². The second-order valence-electron chi connectivity index (χ2n) is 4.85. The number of fused-ring (bicyclic) bond motifs is 1. The third-order valence-electron chi connectivity index (χ3n) is 2.86. The zero-order valence-corrected chi connectivity index (χ0v) is 9.07. The molecule has 0 aromatic heterocycles. The Morgan fingerprint density at radius 3 is 2.47 bits per heavy atom. The molecule has 3 heteroatoms. The van der Waals surface area contributed by atoms with Crippen LogP contribution in [0, 0.1) is 5.41 Å². The molecule has 0 spiro atoms. The summed E-state index contributed by atoms with van der Waals surface area (Å²) >= 11 is 0. The van der Waals surface area contributed by atoms with Gasteiger partial charge in [-0.15, -0.1) is 0 Å². The molecule has 0 bridgehead atoms. The van der Waals surface area contributed by atoms with Gasteiger partial charge in [0.15, 0.2) is 5.60 Å². The molecule has 0 aliphatic carbocycles. The lowest BCUT2D eigenvalue weighted by Gasteiger charge is -2.33. The quantitative estimate of drug-likeness (QED) is 0.520. The summed E-state index contributed by atoms with van der Waals surface area (Å²) < 4.78 is 5.06. The van der Waals surface area contributed by atoms with Gasteiger partial charge in [0, 0.05) is 11.0 Å². The van der Waals surface area contributed by atoms with Crippen LogP contribution >= 0.6 is 0 Å². The zero-order valence-electron chi connectivity index (χ0n) is 9.07. The van der Waals surface area contributed by atoms with E-state index in [9.17, 15) is 9.90 Å². The molecule has 1 N–H and O–H groups in total. The lowest BCUT2D eigenvalue weighted by Crippen LogP contribution is -2.45. The van der Waals surface area contributed by atoms with Gasteiger partial charge in [0.05, 0.1) is 0 Å². The van der Waals surface area contributed by atoms with Gasteiger partial charge in [-0.2, -0.15) is 0 Å². The fraction of sp³-hybridized carbons (Fsp3) is 0.417. The van der Waals surface area contributed by atoms with E-state index in [1.807, 2.05) is 20.8 Å². The van der Waals surface area contributed by atoms with Crippen molar-refractivity contribution in [1.82, 2.24) is 0 Å². The summed E-state index contributed by atoms with van der Waals surface area (Å²) in [5, 5.41) is 10.5. The molecule has 2 rings (SSSR count). The van der Waals surface area contributed by atoms with E-state index in [-0.39, 0.29) is 0 Å². The topological polar surface area (TPSA) is 46.5 Å². The summed E-state index contributed by atoms with van der Waals surface area (Å²) in [6, 6.07) is 6.99. The van der Waals surface area contributed by atoms with Crippen molar-refractivity contribution in [3.63, 3.8) is 0 Å². The van der Waals surface area contributed by atoms with Gasteiger partial charge in [-0.25, -0.2) is 4.79 Å². The number of benzene rings is 1. The molecular formula is C12H14O3. The van der Waals surface area contributed by atoms with E-state index in [1.165, 1.54) is 0 Å². The largest absolute Gasteiger partial charge is 0.424 e. The first-order chi connectivity index (χ1) is 6.87. The Hall–Kier alpha value is -1.35. The molecule has 0 saturated heterocycles. The Labute approximate surface area is 88.7 Å². The number of ether oxygens (including phenoxy) is 1. The minimum absolute atomic E-state index is 0.458. The van der Waals surface area contributed by atoms with E-state index in [1.54, 1.807) is 24.3 Å². The maximum Gasteiger partial charge on any atom is 0.348 e. The van der Waals surface area contributed by atoms with Crippen molar-refractivity contribution in [3.8, 4) is 5.75 Å². The van der Waals surface area contributed by atoms with Crippen molar-refractivity contribution in [2.24, 2.45) is 5.41 Å². The molecule has 1 aromatic rings. The smallest absolute Gasteiger partial charge is 0.348 e. The molecule has 15 heavy (non-hydrogen) atoms.